The smallest absolute Gasteiger partial charge is 0.226 e. The number of hydrogen-bond acceptors (Lipinski definition) is 5. The molecule has 0 bridgehead atoms. The first-order valence-electron chi connectivity index (χ1n) is 9.95. The Morgan fingerprint density at radius 1 is 1.13 bits per heavy atom. The minimum absolute atomic E-state index is 0. The molecule has 0 radical (unpaired) electrons. The van der Waals surface area contributed by atoms with Gasteiger partial charge in [-0.05, 0) is 37.1 Å². The summed E-state index contributed by atoms with van der Waals surface area (Å²) < 4.78 is 5.60. The Balaban J connectivity index is 0.00000256. The van der Waals surface area contributed by atoms with Crippen LogP contribution >= 0.6 is 24.0 Å². The van der Waals surface area contributed by atoms with Gasteiger partial charge >= 0.3 is 0 Å². The van der Waals surface area contributed by atoms with Crippen molar-refractivity contribution in [3.05, 3.63) is 66.7 Å². The van der Waals surface area contributed by atoms with Crippen LogP contribution in [0.15, 0.2) is 70.4 Å². The predicted molar refractivity (Wildman–Crippen MR) is 130 cm³/mol. The minimum Gasteiger partial charge on any atom is -0.444 e. The number of piperidine rings is 1. The van der Waals surface area contributed by atoms with Crippen LogP contribution in [0.3, 0.4) is 0 Å². The van der Waals surface area contributed by atoms with Crippen molar-refractivity contribution in [2.45, 2.75) is 25.4 Å². The van der Waals surface area contributed by atoms with Crippen molar-refractivity contribution in [3.63, 3.8) is 0 Å². The molecule has 1 fully saturated rings. The summed E-state index contributed by atoms with van der Waals surface area (Å²) >= 11 is 0. The van der Waals surface area contributed by atoms with E-state index in [-0.39, 0.29) is 24.0 Å². The van der Waals surface area contributed by atoms with Gasteiger partial charge in [0.05, 0.1) is 12.2 Å². The Hall–Kier alpha value is -2.62. The Labute approximate surface area is 194 Å². The molecular weight excluding hydrogens is 491 g/mol. The van der Waals surface area contributed by atoms with E-state index in [9.17, 15) is 0 Å². The number of nitrogens with one attached hydrogen (secondary N) is 2. The van der Waals surface area contributed by atoms with Gasteiger partial charge in [-0.2, -0.15) is 0 Å². The molecular formula is C22H27IN6O. The third kappa shape index (κ3) is 5.71. The molecule has 1 aliphatic heterocycles. The standard InChI is InChI=1S/C22H26N6O.HI/c1-23-22(25-15-19-16-29-21(26-19)17-7-3-2-4-8-17)27-18-10-13-28(14-11-18)20-9-5-6-12-24-20;/h2-9,12,16,18H,10-11,13-15H2,1H3,(H2,23,25,27);1H. The van der Waals surface area contributed by atoms with Crippen LogP contribution in [-0.2, 0) is 6.54 Å². The van der Waals surface area contributed by atoms with Gasteiger partial charge in [0.1, 0.15) is 12.1 Å². The highest BCUT2D eigenvalue weighted by molar-refractivity contribution is 14.0. The number of hydrogen-bond donors (Lipinski definition) is 2. The van der Waals surface area contributed by atoms with Gasteiger partial charge in [0.2, 0.25) is 5.89 Å². The molecule has 30 heavy (non-hydrogen) atoms. The fourth-order valence-corrected chi connectivity index (χ4v) is 3.46. The van der Waals surface area contributed by atoms with E-state index in [2.05, 4.69) is 36.6 Å². The van der Waals surface area contributed by atoms with Crippen LogP contribution in [0.4, 0.5) is 5.82 Å². The van der Waals surface area contributed by atoms with Gasteiger partial charge in [-0.15, -0.1) is 24.0 Å². The summed E-state index contributed by atoms with van der Waals surface area (Å²) in [6.45, 7) is 2.52. The van der Waals surface area contributed by atoms with Crippen LogP contribution in [0.25, 0.3) is 11.5 Å². The zero-order chi connectivity index (χ0) is 19.9. The fourth-order valence-electron chi connectivity index (χ4n) is 3.46. The van der Waals surface area contributed by atoms with E-state index in [0.717, 1.165) is 49.0 Å². The highest BCUT2D eigenvalue weighted by Gasteiger charge is 2.20. The second kappa shape index (κ2) is 11.0. The van der Waals surface area contributed by atoms with Crippen LogP contribution in [0, 0.1) is 0 Å². The summed E-state index contributed by atoms with van der Waals surface area (Å²) in [6, 6.07) is 16.3. The number of pyridine rings is 1. The van der Waals surface area contributed by atoms with E-state index in [1.54, 1.807) is 13.3 Å². The summed E-state index contributed by atoms with van der Waals surface area (Å²) in [5.74, 6) is 2.46. The zero-order valence-electron chi connectivity index (χ0n) is 17.0. The summed E-state index contributed by atoms with van der Waals surface area (Å²) in [5, 5.41) is 6.85. The largest absolute Gasteiger partial charge is 0.444 e. The molecule has 0 aliphatic carbocycles. The van der Waals surface area contributed by atoms with Crippen LogP contribution in [0.1, 0.15) is 18.5 Å². The molecule has 0 saturated carbocycles. The van der Waals surface area contributed by atoms with E-state index in [0.29, 0.717) is 18.5 Å². The van der Waals surface area contributed by atoms with Gasteiger partial charge in [-0.1, -0.05) is 24.3 Å². The molecule has 2 N–H and O–H groups in total. The average Bonchev–Trinajstić information content (AvgIpc) is 3.27. The third-order valence-corrected chi connectivity index (χ3v) is 5.04. The Kier molecular flexibility index (Phi) is 8.06. The predicted octanol–water partition coefficient (Wildman–Crippen LogP) is 3.69. The first-order valence-corrected chi connectivity index (χ1v) is 9.95. The lowest BCUT2D eigenvalue weighted by Gasteiger charge is -2.33. The van der Waals surface area contributed by atoms with Crippen molar-refractivity contribution in [3.8, 4) is 11.5 Å². The maximum Gasteiger partial charge on any atom is 0.226 e. The molecule has 0 unspecified atom stereocenters. The molecule has 4 rings (SSSR count). The lowest BCUT2D eigenvalue weighted by atomic mass is 10.1. The van der Waals surface area contributed by atoms with Gasteiger partial charge in [-0.25, -0.2) is 9.97 Å². The number of guanidine groups is 1. The Morgan fingerprint density at radius 2 is 1.90 bits per heavy atom. The van der Waals surface area contributed by atoms with E-state index in [1.807, 2.05) is 48.7 Å². The molecule has 0 amide bonds. The molecule has 1 aromatic carbocycles. The molecule has 1 saturated heterocycles. The van der Waals surface area contributed by atoms with Gasteiger partial charge in [0.25, 0.3) is 0 Å². The highest BCUT2D eigenvalue weighted by Crippen LogP contribution is 2.18. The van der Waals surface area contributed by atoms with Crippen molar-refractivity contribution < 1.29 is 4.42 Å². The second-order valence-corrected chi connectivity index (χ2v) is 7.03. The molecule has 3 aromatic rings. The maximum absolute atomic E-state index is 5.60. The van der Waals surface area contributed by atoms with Crippen LogP contribution in [0.2, 0.25) is 0 Å². The van der Waals surface area contributed by atoms with Crippen molar-refractivity contribution in [1.82, 2.24) is 20.6 Å². The Bertz CT molecular complexity index is 923. The number of halogens is 1. The first kappa shape index (κ1) is 22.1. The van der Waals surface area contributed by atoms with Gasteiger partial charge < -0.3 is 20.0 Å². The lowest BCUT2D eigenvalue weighted by molar-refractivity contribution is 0.459. The zero-order valence-corrected chi connectivity index (χ0v) is 19.3. The molecule has 0 spiro atoms. The van der Waals surface area contributed by atoms with E-state index in [4.69, 9.17) is 4.42 Å². The van der Waals surface area contributed by atoms with E-state index in [1.165, 1.54) is 0 Å². The molecule has 1 aliphatic rings. The van der Waals surface area contributed by atoms with Gasteiger partial charge in [0, 0.05) is 37.9 Å². The number of oxazole rings is 1. The number of rotatable bonds is 5. The summed E-state index contributed by atoms with van der Waals surface area (Å²) in [6.07, 6.45) is 5.62. The number of aromatic nitrogens is 2. The number of benzene rings is 1. The van der Waals surface area contributed by atoms with E-state index < -0.39 is 0 Å². The van der Waals surface area contributed by atoms with Crippen molar-refractivity contribution in [1.29, 1.82) is 0 Å². The van der Waals surface area contributed by atoms with Crippen molar-refractivity contribution in [2.24, 2.45) is 4.99 Å². The van der Waals surface area contributed by atoms with Crippen LogP contribution in [-0.4, -0.2) is 42.1 Å². The summed E-state index contributed by atoms with van der Waals surface area (Å²) in [4.78, 5) is 15.7. The van der Waals surface area contributed by atoms with Crippen molar-refractivity contribution in [2.75, 3.05) is 25.0 Å². The summed E-state index contributed by atoms with van der Waals surface area (Å²) in [7, 11) is 1.79. The maximum atomic E-state index is 5.60. The monoisotopic (exact) mass is 518 g/mol. The minimum atomic E-state index is 0. The van der Waals surface area contributed by atoms with Crippen molar-refractivity contribution >= 4 is 35.8 Å². The topological polar surface area (TPSA) is 78.6 Å². The van der Waals surface area contributed by atoms with Crippen LogP contribution in [0.5, 0.6) is 0 Å². The fraction of sp³-hybridized carbons (Fsp3) is 0.318. The number of anilines is 1. The van der Waals surface area contributed by atoms with Gasteiger partial charge in [0.15, 0.2) is 5.96 Å². The molecule has 3 heterocycles. The molecule has 2 aromatic heterocycles. The molecule has 7 nitrogen and oxygen atoms in total. The summed E-state index contributed by atoms with van der Waals surface area (Å²) in [5.41, 5.74) is 1.82. The van der Waals surface area contributed by atoms with Gasteiger partial charge in [-0.3, -0.25) is 4.99 Å². The molecule has 8 heteroatoms. The molecule has 158 valence electrons. The molecule has 0 atom stereocenters. The number of aliphatic imine (C=N–C) groups is 1. The SMILES string of the molecule is CN=C(NCc1coc(-c2ccccc2)n1)NC1CCN(c2ccccn2)CC1.I. The number of nitrogens with zero attached hydrogens (tertiary/aromatic N) is 4. The highest BCUT2D eigenvalue weighted by atomic mass is 127. The Morgan fingerprint density at radius 3 is 2.60 bits per heavy atom. The first-order chi connectivity index (χ1) is 14.3. The third-order valence-electron chi connectivity index (χ3n) is 5.04. The normalized spacial score (nSPS) is 14.8. The lowest BCUT2D eigenvalue weighted by Crippen LogP contribution is -2.48. The quantitative estimate of drug-likeness (QED) is 0.305. The average molecular weight is 518 g/mol. The van der Waals surface area contributed by atoms with Crippen LogP contribution < -0.4 is 15.5 Å². The van der Waals surface area contributed by atoms with E-state index >= 15 is 0 Å². The second-order valence-electron chi connectivity index (χ2n) is 7.03.